The van der Waals surface area contributed by atoms with Gasteiger partial charge in [0, 0.05) is 23.2 Å². The Morgan fingerprint density at radius 2 is 1.80 bits per heavy atom. The number of carbonyl (C=O) groups excluding carboxylic acids is 2. The molecule has 2 amide bonds. The number of fused-ring (bicyclic) bond motifs is 1. The molecule has 0 spiro atoms. The molecule has 1 saturated carbocycles. The lowest BCUT2D eigenvalue weighted by Crippen LogP contribution is -2.14. The van der Waals surface area contributed by atoms with E-state index < -0.39 is 0 Å². The van der Waals surface area contributed by atoms with Crippen LogP contribution in [0.5, 0.6) is 0 Å². The minimum atomic E-state index is -0.272. The third-order valence-corrected chi connectivity index (χ3v) is 4.80. The van der Waals surface area contributed by atoms with Crippen molar-refractivity contribution >= 4 is 29.2 Å². The van der Waals surface area contributed by atoms with Crippen molar-refractivity contribution in [3.05, 3.63) is 66.4 Å². The zero-order valence-electron chi connectivity index (χ0n) is 15.8. The largest absolute Gasteiger partial charge is 0.305 e. The fourth-order valence-corrected chi connectivity index (χ4v) is 3.08. The number of hydrogen-bond acceptors (Lipinski definition) is 6. The normalized spacial score (nSPS) is 13.2. The Hall–Kier alpha value is -4.14. The predicted molar refractivity (Wildman–Crippen MR) is 110 cm³/mol. The zero-order valence-corrected chi connectivity index (χ0v) is 15.8. The third kappa shape index (κ3) is 3.60. The molecule has 9 heteroatoms. The van der Waals surface area contributed by atoms with Crippen LogP contribution in [0.3, 0.4) is 0 Å². The van der Waals surface area contributed by atoms with Gasteiger partial charge in [-0.05, 0) is 49.2 Å². The van der Waals surface area contributed by atoms with Crippen LogP contribution in [0.4, 0.5) is 11.8 Å². The minimum Gasteiger partial charge on any atom is -0.305 e. The molecule has 1 aliphatic rings. The van der Waals surface area contributed by atoms with E-state index in [1.54, 1.807) is 28.8 Å². The lowest BCUT2D eigenvalue weighted by atomic mass is 10.1. The van der Waals surface area contributed by atoms with Crippen LogP contribution < -0.4 is 10.6 Å². The molecule has 4 aromatic rings. The number of hydrogen-bond donors (Lipinski definition) is 2. The number of nitrogens with zero attached hydrogens (tertiary/aromatic N) is 5. The van der Waals surface area contributed by atoms with Crippen molar-refractivity contribution in [1.82, 2.24) is 24.8 Å². The Labute approximate surface area is 171 Å². The van der Waals surface area contributed by atoms with Gasteiger partial charge in [0.05, 0.1) is 5.69 Å². The summed E-state index contributed by atoms with van der Waals surface area (Å²) in [4.78, 5) is 28.8. The summed E-state index contributed by atoms with van der Waals surface area (Å²) in [5.41, 5.74) is 2.78. The maximum absolute atomic E-state index is 12.4. The summed E-state index contributed by atoms with van der Waals surface area (Å²) in [5.74, 6) is 0.452. The Morgan fingerprint density at radius 1 is 0.967 bits per heavy atom. The van der Waals surface area contributed by atoms with Gasteiger partial charge in [-0.15, -0.1) is 10.2 Å². The summed E-state index contributed by atoms with van der Waals surface area (Å²) in [6.07, 6.45) is 3.38. The lowest BCUT2D eigenvalue weighted by Gasteiger charge is -2.06. The molecular weight excluding hydrogens is 382 g/mol. The molecule has 0 atom stereocenters. The van der Waals surface area contributed by atoms with Crippen molar-refractivity contribution in [2.24, 2.45) is 5.92 Å². The SMILES string of the molecule is O=C(Nc1cccnn1)c1ccc(-c2cccc3nc(NC(=O)C4CC4)nn23)cc1. The van der Waals surface area contributed by atoms with Crippen molar-refractivity contribution in [1.29, 1.82) is 0 Å². The molecule has 0 bridgehead atoms. The van der Waals surface area contributed by atoms with Gasteiger partial charge in [-0.25, -0.2) is 4.52 Å². The Balaban J connectivity index is 1.39. The molecule has 1 aliphatic carbocycles. The fourth-order valence-electron chi connectivity index (χ4n) is 3.08. The van der Waals surface area contributed by atoms with Crippen molar-refractivity contribution in [3.8, 4) is 11.3 Å². The first kappa shape index (κ1) is 17.9. The van der Waals surface area contributed by atoms with E-state index in [9.17, 15) is 9.59 Å². The average Bonchev–Trinajstić information content (AvgIpc) is 3.54. The van der Waals surface area contributed by atoms with E-state index in [1.807, 2.05) is 30.3 Å². The first-order chi connectivity index (χ1) is 14.7. The van der Waals surface area contributed by atoms with Gasteiger partial charge in [-0.1, -0.05) is 18.2 Å². The molecule has 0 unspecified atom stereocenters. The van der Waals surface area contributed by atoms with Crippen LogP contribution in [0, 0.1) is 5.92 Å². The Morgan fingerprint density at radius 3 is 2.53 bits per heavy atom. The van der Waals surface area contributed by atoms with Crippen LogP contribution in [0.2, 0.25) is 0 Å². The molecule has 2 N–H and O–H groups in total. The predicted octanol–water partition coefficient (Wildman–Crippen LogP) is 2.79. The van der Waals surface area contributed by atoms with Gasteiger partial charge in [0.25, 0.3) is 5.91 Å². The van der Waals surface area contributed by atoms with Crippen LogP contribution in [-0.4, -0.2) is 36.6 Å². The quantitative estimate of drug-likeness (QED) is 0.533. The highest BCUT2D eigenvalue weighted by Gasteiger charge is 2.30. The molecule has 5 rings (SSSR count). The first-order valence-electron chi connectivity index (χ1n) is 9.53. The van der Waals surface area contributed by atoms with Gasteiger partial charge in [0.2, 0.25) is 11.9 Å². The maximum atomic E-state index is 12.4. The Bertz CT molecular complexity index is 1230. The number of amides is 2. The first-order valence-corrected chi connectivity index (χ1v) is 9.53. The summed E-state index contributed by atoms with van der Waals surface area (Å²) in [5, 5.41) is 17.5. The average molecular weight is 399 g/mol. The second-order valence-corrected chi connectivity index (χ2v) is 7.02. The van der Waals surface area contributed by atoms with Crippen LogP contribution in [-0.2, 0) is 4.79 Å². The maximum Gasteiger partial charge on any atom is 0.256 e. The summed E-state index contributed by atoms with van der Waals surface area (Å²) in [6.45, 7) is 0. The van der Waals surface area contributed by atoms with E-state index in [2.05, 4.69) is 30.9 Å². The number of rotatable bonds is 5. The summed E-state index contributed by atoms with van der Waals surface area (Å²) >= 11 is 0. The summed E-state index contributed by atoms with van der Waals surface area (Å²) in [7, 11) is 0. The van der Waals surface area contributed by atoms with E-state index in [0.717, 1.165) is 24.1 Å². The second-order valence-electron chi connectivity index (χ2n) is 7.02. The topological polar surface area (TPSA) is 114 Å². The van der Waals surface area contributed by atoms with Crippen LogP contribution in [0.25, 0.3) is 16.9 Å². The monoisotopic (exact) mass is 399 g/mol. The molecule has 9 nitrogen and oxygen atoms in total. The number of nitrogens with one attached hydrogen (secondary N) is 2. The summed E-state index contributed by atoms with van der Waals surface area (Å²) < 4.78 is 1.68. The highest BCUT2D eigenvalue weighted by Crippen LogP contribution is 2.30. The number of aromatic nitrogens is 5. The number of anilines is 2. The molecule has 0 radical (unpaired) electrons. The Kier molecular flexibility index (Phi) is 4.40. The van der Waals surface area contributed by atoms with E-state index in [1.165, 1.54) is 6.20 Å². The van der Waals surface area contributed by atoms with Crippen molar-refractivity contribution < 1.29 is 9.59 Å². The standard InChI is InChI=1S/C21H17N7O2/c29-19(23-17-4-2-12-22-26-17)14-8-6-13(7-9-14)16-3-1-5-18-24-21(27-28(16)18)25-20(30)15-10-11-15/h1-9,12,15H,10-11H2,(H,23,26,29)(H,25,27,30). The molecule has 0 aliphatic heterocycles. The molecule has 1 aromatic carbocycles. The summed E-state index contributed by atoms with van der Waals surface area (Å²) in [6, 6.07) is 16.1. The van der Waals surface area contributed by atoms with Gasteiger partial charge in [0.15, 0.2) is 11.5 Å². The molecule has 30 heavy (non-hydrogen) atoms. The van der Waals surface area contributed by atoms with E-state index in [4.69, 9.17) is 0 Å². The van der Waals surface area contributed by atoms with E-state index >= 15 is 0 Å². The van der Waals surface area contributed by atoms with Crippen molar-refractivity contribution in [2.75, 3.05) is 10.6 Å². The molecular formula is C21H17N7O2. The third-order valence-electron chi connectivity index (χ3n) is 4.80. The molecule has 3 aromatic heterocycles. The van der Waals surface area contributed by atoms with E-state index in [-0.39, 0.29) is 17.7 Å². The fraction of sp³-hybridized carbons (Fsp3) is 0.143. The highest BCUT2D eigenvalue weighted by atomic mass is 16.2. The van der Waals surface area contributed by atoms with Crippen LogP contribution in [0.15, 0.2) is 60.8 Å². The van der Waals surface area contributed by atoms with Gasteiger partial charge >= 0.3 is 0 Å². The number of pyridine rings is 1. The van der Waals surface area contributed by atoms with Crippen molar-refractivity contribution in [2.45, 2.75) is 12.8 Å². The lowest BCUT2D eigenvalue weighted by molar-refractivity contribution is -0.117. The smallest absolute Gasteiger partial charge is 0.256 e. The second kappa shape index (κ2) is 7.36. The van der Waals surface area contributed by atoms with Gasteiger partial charge in [-0.2, -0.15) is 10.1 Å². The molecule has 148 valence electrons. The molecule has 1 fully saturated rings. The van der Waals surface area contributed by atoms with Gasteiger partial charge in [-0.3, -0.25) is 14.9 Å². The van der Waals surface area contributed by atoms with E-state index in [0.29, 0.717) is 23.0 Å². The van der Waals surface area contributed by atoms with Crippen LogP contribution in [0.1, 0.15) is 23.2 Å². The molecule has 3 heterocycles. The highest BCUT2D eigenvalue weighted by molar-refractivity contribution is 6.03. The van der Waals surface area contributed by atoms with Gasteiger partial charge < -0.3 is 5.32 Å². The zero-order chi connectivity index (χ0) is 20.5. The minimum absolute atomic E-state index is 0.0362. The van der Waals surface area contributed by atoms with Gasteiger partial charge in [0.1, 0.15) is 0 Å². The number of carbonyl (C=O) groups is 2. The van der Waals surface area contributed by atoms with Crippen LogP contribution >= 0.6 is 0 Å². The molecule has 0 saturated heterocycles. The van der Waals surface area contributed by atoms with Crippen molar-refractivity contribution in [3.63, 3.8) is 0 Å². The number of benzene rings is 1.